The number of benzene rings is 1. The molecule has 2 atom stereocenters. The highest BCUT2D eigenvalue weighted by atomic mass is 32.1. The second-order valence-electron chi connectivity index (χ2n) is 4.87. The predicted molar refractivity (Wildman–Crippen MR) is 71.6 cm³/mol. The molecule has 0 fully saturated rings. The van der Waals surface area contributed by atoms with Gasteiger partial charge in [-0.2, -0.15) is 0 Å². The number of aliphatic hydroxyl groups excluding tert-OH is 1. The summed E-state index contributed by atoms with van der Waals surface area (Å²) in [6.45, 7) is 0. The average molecular weight is 260 g/mol. The van der Waals surface area contributed by atoms with E-state index in [-0.39, 0.29) is 0 Å². The zero-order valence-electron chi connectivity index (χ0n) is 10.1. The lowest BCUT2D eigenvalue weighted by Gasteiger charge is -2.26. The van der Waals surface area contributed by atoms with Crippen LogP contribution in [0.5, 0.6) is 0 Å². The topological polar surface area (TPSA) is 46.0 Å². The van der Waals surface area contributed by atoms with Crippen LogP contribution in [0.15, 0.2) is 29.6 Å². The van der Waals surface area contributed by atoms with Crippen molar-refractivity contribution in [1.82, 2.24) is 9.59 Å². The number of aliphatic hydroxyl groups is 1. The van der Waals surface area contributed by atoms with Crippen LogP contribution < -0.4 is 0 Å². The molecule has 0 bridgehead atoms. The Morgan fingerprint density at radius 3 is 3.11 bits per heavy atom. The zero-order chi connectivity index (χ0) is 12.4. The molecule has 1 N–H and O–H groups in total. The van der Waals surface area contributed by atoms with E-state index >= 15 is 0 Å². The number of fused-ring (bicyclic) bond motifs is 1. The van der Waals surface area contributed by atoms with Crippen molar-refractivity contribution in [2.45, 2.75) is 37.7 Å². The van der Waals surface area contributed by atoms with Crippen LogP contribution in [0.2, 0.25) is 0 Å². The van der Waals surface area contributed by atoms with Crippen LogP contribution in [0.3, 0.4) is 0 Å². The van der Waals surface area contributed by atoms with Crippen molar-refractivity contribution in [1.29, 1.82) is 0 Å². The number of aromatic nitrogens is 2. The van der Waals surface area contributed by atoms with E-state index < -0.39 is 6.10 Å². The highest BCUT2D eigenvalue weighted by Gasteiger charge is 2.23. The first-order valence-electron chi connectivity index (χ1n) is 6.37. The molecule has 1 aromatic heterocycles. The van der Waals surface area contributed by atoms with Gasteiger partial charge in [0.25, 0.3) is 0 Å². The highest BCUT2D eigenvalue weighted by molar-refractivity contribution is 7.03. The van der Waals surface area contributed by atoms with E-state index in [1.165, 1.54) is 35.5 Å². The van der Waals surface area contributed by atoms with Gasteiger partial charge in [-0.25, -0.2) is 0 Å². The van der Waals surface area contributed by atoms with Crippen molar-refractivity contribution >= 4 is 11.5 Å². The Balaban J connectivity index is 1.78. The normalized spacial score (nSPS) is 20.4. The standard InChI is InChI=1S/C14H16N2OS/c17-14(13-9-18-16-15-13)8-11-6-3-5-10-4-1-2-7-12(10)11/h1-2,4,7,9,11,14,17H,3,5-6,8H2. The lowest BCUT2D eigenvalue weighted by Crippen LogP contribution is -2.13. The average Bonchev–Trinajstić information content (AvgIpc) is 2.93. The molecule has 1 aromatic carbocycles. The van der Waals surface area contributed by atoms with Gasteiger partial charge in [0, 0.05) is 5.38 Å². The molecule has 18 heavy (non-hydrogen) atoms. The molecule has 1 aliphatic rings. The molecule has 1 aliphatic carbocycles. The number of hydrogen-bond acceptors (Lipinski definition) is 4. The fraction of sp³-hybridized carbons (Fsp3) is 0.429. The minimum absolute atomic E-state index is 0.451. The second-order valence-corrected chi connectivity index (χ2v) is 5.48. The molecule has 0 spiro atoms. The molecule has 4 heteroatoms. The Hall–Kier alpha value is -1.26. The molecule has 0 radical (unpaired) electrons. The smallest absolute Gasteiger partial charge is 0.104 e. The minimum Gasteiger partial charge on any atom is -0.387 e. The summed E-state index contributed by atoms with van der Waals surface area (Å²) >= 11 is 1.29. The van der Waals surface area contributed by atoms with Gasteiger partial charge in [-0.15, -0.1) is 5.10 Å². The molecule has 0 saturated carbocycles. The van der Waals surface area contributed by atoms with Gasteiger partial charge >= 0.3 is 0 Å². The summed E-state index contributed by atoms with van der Waals surface area (Å²) in [5, 5.41) is 16.0. The summed E-state index contributed by atoms with van der Waals surface area (Å²) < 4.78 is 3.81. The fourth-order valence-corrected chi connectivity index (χ4v) is 3.31. The summed E-state index contributed by atoms with van der Waals surface area (Å²) in [5.41, 5.74) is 3.56. The fourth-order valence-electron chi connectivity index (χ4n) is 2.81. The lowest BCUT2D eigenvalue weighted by atomic mass is 9.80. The van der Waals surface area contributed by atoms with Crippen LogP contribution in [0.4, 0.5) is 0 Å². The Kier molecular flexibility index (Phi) is 3.39. The van der Waals surface area contributed by atoms with E-state index in [1.807, 2.05) is 5.38 Å². The van der Waals surface area contributed by atoms with Crippen molar-refractivity contribution in [2.75, 3.05) is 0 Å². The van der Waals surface area contributed by atoms with Gasteiger partial charge in [-0.3, -0.25) is 0 Å². The Morgan fingerprint density at radius 1 is 1.39 bits per heavy atom. The minimum atomic E-state index is -0.486. The van der Waals surface area contributed by atoms with E-state index in [2.05, 4.69) is 33.9 Å². The molecule has 94 valence electrons. The third-order valence-corrected chi connectivity index (χ3v) is 4.24. The van der Waals surface area contributed by atoms with Crippen molar-refractivity contribution in [3.8, 4) is 0 Å². The molecule has 2 unspecified atom stereocenters. The van der Waals surface area contributed by atoms with E-state index in [4.69, 9.17) is 0 Å². The maximum absolute atomic E-state index is 10.2. The van der Waals surface area contributed by atoms with Gasteiger partial charge in [0.15, 0.2) is 0 Å². The molecule has 0 saturated heterocycles. The Labute approximate surface area is 111 Å². The first-order chi connectivity index (χ1) is 8.84. The third kappa shape index (κ3) is 2.31. The maximum atomic E-state index is 10.2. The zero-order valence-corrected chi connectivity index (χ0v) is 10.9. The summed E-state index contributed by atoms with van der Waals surface area (Å²) in [6, 6.07) is 8.60. The van der Waals surface area contributed by atoms with Crippen molar-refractivity contribution in [3.05, 3.63) is 46.5 Å². The summed E-state index contributed by atoms with van der Waals surface area (Å²) in [6.07, 6.45) is 3.80. The van der Waals surface area contributed by atoms with E-state index in [9.17, 15) is 5.11 Å². The predicted octanol–water partition coefficient (Wildman–Crippen LogP) is 3.08. The first-order valence-corrected chi connectivity index (χ1v) is 7.21. The highest BCUT2D eigenvalue weighted by Crippen LogP contribution is 2.37. The number of aryl methyl sites for hydroxylation is 1. The van der Waals surface area contributed by atoms with E-state index in [0.29, 0.717) is 11.6 Å². The van der Waals surface area contributed by atoms with Crippen LogP contribution in [0.25, 0.3) is 0 Å². The van der Waals surface area contributed by atoms with Crippen LogP contribution in [0.1, 0.15) is 48.1 Å². The molecule has 3 nitrogen and oxygen atoms in total. The monoisotopic (exact) mass is 260 g/mol. The van der Waals surface area contributed by atoms with Gasteiger partial charge in [0.05, 0.1) is 6.10 Å². The van der Waals surface area contributed by atoms with Crippen LogP contribution in [-0.4, -0.2) is 14.7 Å². The Morgan fingerprint density at radius 2 is 2.28 bits per heavy atom. The summed E-state index contributed by atoms with van der Waals surface area (Å²) in [5.74, 6) is 0.451. The summed E-state index contributed by atoms with van der Waals surface area (Å²) in [4.78, 5) is 0. The number of rotatable bonds is 3. The molecule has 0 amide bonds. The molecule has 2 aromatic rings. The first kappa shape index (κ1) is 11.8. The molecule has 0 aliphatic heterocycles. The van der Waals surface area contributed by atoms with Gasteiger partial charge in [-0.1, -0.05) is 28.8 Å². The van der Waals surface area contributed by atoms with Crippen LogP contribution in [-0.2, 0) is 6.42 Å². The van der Waals surface area contributed by atoms with Gasteiger partial charge < -0.3 is 5.11 Å². The van der Waals surface area contributed by atoms with Gasteiger partial charge in [0.2, 0.25) is 0 Å². The van der Waals surface area contributed by atoms with Gasteiger partial charge in [-0.05, 0) is 54.3 Å². The quantitative estimate of drug-likeness (QED) is 0.922. The number of hydrogen-bond donors (Lipinski definition) is 1. The molecule has 3 rings (SSSR count). The molecular formula is C14H16N2OS. The van der Waals surface area contributed by atoms with Crippen LogP contribution in [0, 0.1) is 0 Å². The lowest BCUT2D eigenvalue weighted by molar-refractivity contribution is 0.149. The Bertz CT molecular complexity index is 512. The molecule has 1 heterocycles. The van der Waals surface area contributed by atoms with Crippen molar-refractivity contribution < 1.29 is 5.11 Å². The van der Waals surface area contributed by atoms with Crippen LogP contribution >= 0.6 is 11.5 Å². The van der Waals surface area contributed by atoms with Crippen molar-refractivity contribution in [3.63, 3.8) is 0 Å². The third-order valence-electron chi connectivity index (χ3n) is 3.72. The second kappa shape index (κ2) is 5.16. The number of nitrogens with zero attached hydrogens (tertiary/aromatic N) is 2. The van der Waals surface area contributed by atoms with E-state index in [0.717, 1.165) is 12.8 Å². The maximum Gasteiger partial charge on any atom is 0.104 e. The van der Waals surface area contributed by atoms with Gasteiger partial charge in [0.1, 0.15) is 5.69 Å². The largest absolute Gasteiger partial charge is 0.387 e. The molecular weight excluding hydrogens is 244 g/mol. The summed E-state index contributed by atoms with van der Waals surface area (Å²) in [7, 11) is 0. The SMILES string of the molecule is OC(CC1CCCc2ccccc21)c1csnn1. The van der Waals surface area contributed by atoms with E-state index in [1.54, 1.807) is 0 Å². The van der Waals surface area contributed by atoms with Crippen molar-refractivity contribution in [2.24, 2.45) is 0 Å².